The summed E-state index contributed by atoms with van der Waals surface area (Å²) in [7, 11) is 2.13. The topological polar surface area (TPSA) is 109 Å². The number of hydrogen-bond donors (Lipinski definition) is 3. The van der Waals surface area contributed by atoms with E-state index >= 15 is 0 Å². The summed E-state index contributed by atoms with van der Waals surface area (Å²) < 4.78 is 20.2. The van der Waals surface area contributed by atoms with Gasteiger partial charge in [-0.25, -0.2) is 4.39 Å². The van der Waals surface area contributed by atoms with Crippen molar-refractivity contribution in [2.24, 2.45) is 22.4 Å². The van der Waals surface area contributed by atoms with Crippen LogP contribution < -0.4 is 16.8 Å². The molecular formula is C32H51FN6O2. The van der Waals surface area contributed by atoms with Gasteiger partial charge in [0.15, 0.2) is 0 Å². The number of carbonyl (C=O) groups excluding carboxylic acids is 1. The number of ether oxygens (including phenoxy) is 1. The van der Waals surface area contributed by atoms with Crippen molar-refractivity contribution in [2.75, 3.05) is 39.9 Å². The highest BCUT2D eigenvalue weighted by molar-refractivity contribution is 5.84. The van der Waals surface area contributed by atoms with Crippen molar-refractivity contribution in [3.05, 3.63) is 47.3 Å². The van der Waals surface area contributed by atoms with E-state index in [4.69, 9.17) is 16.2 Å². The van der Waals surface area contributed by atoms with E-state index in [-0.39, 0.29) is 47.9 Å². The highest BCUT2D eigenvalue weighted by Crippen LogP contribution is 2.49. The highest BCUT2D eigenvalue weighted by Gasteiger charge is 2.56. The normalized spacial score (nSPS) is 27.7. The van der Waals surface area contributed by atoms with E-state index < -0.39 is 12.1 Å². The second-order valence-electron chi connectivity index (χ2n) is 12.2. The SMILES string of the molecule is CCCCCC12CC=C(F)CN1C(C(C(=O)NC(/C=N\CC)C(C)c1ccc([C@H]3COCCN3C)cc1)C(N)N)C2. The number of aliphatic imine (C=N–C) groups is 1. The predicted octanol–water partition coefficient (Wildman–Crippen LogP) is 3.88. The number of halogens is 1. The van der Waals surface area contributed by atoms with Crippen LogP contribution in [0, 0.1) is 5.92 Å². The Morgan fingerprint density at radius 2 is 2.02 bits per heavy atom. The number of benzene rings is 1. The van der Waals surface area contributed by atoms with Crippen LogP contribution in [0.25, 0.3) is 0 Å². The Hall–Kier alpha value is -2.17. The standard InChI is InChI=1S/C32H51FN6O2/c1-5-7-8-14-32-15-13-25(33)20-39(32)27(18-32)29(30(34)35)31(40)37-26(19-36-6-2)22(3)23-9-11-24(12-10-23)28-21-41-17-16-38(28)4/h9-13,19,22,26-30H,5-8,14-18,20-21,34-35H2,1-4H3,(H,37,40)/b36-19-/t22?,26?,27?,28-,29?,32?/m1/s1. The Bertz CT molecular complexity index is 1060. The predicted molar refractivity (Wildman–Crippen MR) is 163 cm³/mol. The molecule has 3 aliphatic heterocycles. The summed E-state index contributed by atoms with van der Waals surface area (Å²) in [5, 5.41) is 3.23. The van der Waals surface area contributed by atoms with Crippen LogP contribution in [0.15, 0.2) is 41.2 Å². The average Bonchev–Trinajstić information content (AvgIpc) is 2.95. The third-order valence-electron chi connectivity index (χ3n) is 9.54. The molecule has 1 aromatic rings. The Morgan fingerprint density at radius 1 is 1.27 bits per heavy atom. The van der Waals surface area contributed by atoms with E-state index in [1.807, 2.05) is 13.1 Å². The molecule has 9 heteroatoms. The van der Waals surface area contributed by atoms with Gasteiger partial charge in [0.05, 0.1) is 43.9 Å². The molecule has 8 nitrogen and oxygen atoms in total. The first-order valence-corrected chi connectivity index (χ1v) is 15.5. The minimum atomic E-state index is -0.851. The fraction of sp³-hybridized carbons (Fsp3) is 0.688. The molecule has 0 radical (unpaired) electrons. The van der Waals surface area contributed by atoms with Gasteiger partial charge in [-0.1, -0.05) is 57.4 Å². The number of amides is 1. The minimum Gasteiger partial charge on any atom is -0.378 e. The molecular weight excluding hydrogens is 519 g/mol. The van der Waals surface area contributed by atoms with Gasteiger partial charge in [0.25, 0.3) is 0 Å². The van der Waals surface area contributed by atoms with E-state index in [2.05, 4.69) is 65.3 Å². The number of nitrogens with one attached hydrogen (secondary N) is 1. The maximum atomic E-state index is 14.5. The van der Waals surface area contributed by atoms with Gasteiger partial charge in [0.1, 0.15) is 5.83 Å². The first kappa shape index (κ1) is 31.8. The van der Waals surface area contributed by atoms with Crippen molar-refractivity contribution in [1.82, 2.24) is 15.1 Å². The molecule has 0 spiro atoms. The molecule has 1 aromatic carbocycles. The number of nitrogens with zero attached hydrogens (tertiary/aromatic N) is 3. The van der Waals surface area contributed by atoms with Crippen LogP contribution in [0.1, 0.15) is 82.4 Å². The monoisotopic (exact) mass is 570 g/mol. The summed E-state index contributed by atoms with van der Waals surface area (Å²) >= 11 is 0. The molecule has 0 aliphatic carbocycles. The lowest BCUT2D eigenvalue weighted by Gasteiger charge is -2.62. The Kier molecular flexibility index (Phi) is 11.1. The van der Waals surface area contributed by atoms with E-state index in [1.165, 1.54) is 5.56 Å². The number of fused-ring (bicyclic) bond motifs is 1. The van der Waals surface area contributed by atoms with Crippen LogP contribution >= 0.6 is 0 Å². The Labute approximate surface area is 245 Å². The summed E-state index contributed by atoms with van der Waals surface area (Å²) in [6, 6.07) is 8.29. The van der Waals surface area contributed by atoms with Crippen LogP contribution in [0.2, 0.25) is 0 Å². The van der Waals surface area contributed by atoms with Gasteiger partial charge in [-0.15, -0.1) is 0 Å². The highest BCUT2D eigenvalue weighted by atomic mass is 19.1. The smallest absolute Gasteiger partial charge is 0.228 e. The largest absolute Gasteiger partial charge is 0.378 e. The second-order valence-corrected chi connectivity index (χ2v) is 12.2. The van der Waals surface area contributed by atoms with Crippen LogP contribution in [0.5, 0.6) is 0 Å². The molecule has 0 bridgehead atoms. The zero-order valence-electron chi connectivity index (χ0n) is 25.4. The average molecular weight is 571 g/mol. The fourth-order valence-corrected chi connectivity index (χ4v) is 6.89. The number of likely N-dealkylation sites (N-methyl/N-ethyl adjacent to an activating group) is 1. The first-order valence-electron chi connectivity index (χ1n) is 15.5. The number of morpholine rings is 1. The molecule has 4 rings (SSSR count). The van der Waals surface area contributed by atoms with Gasteiger partial charge < -0.3 is 21.5 Å². The minimum absolute atomic E-state index is 0.0248. The molecule has 6 atom stereocenters. The quantitative estimate of drug-likeness (QED) is 0.189. The lowest BCUT2D eigenvalue weighted by molar-refractivity contribution is -0.144. The second kappa shape index (κ2) is 14.3. The van der Waals surface area contributed by atoms with Gasteiger partial charge in [-0.05, 0) is 50.4 Å². The zero-order valence-corrected chi connectivity index (χ0v) is 25.4. The first-order chi connectivity index (χ1) is 19.7. The molecule has 3 aliphatic rings. The molecule has 3 heterocycles. The van der Waals surface area contributed by atoms with E-state index in [0.717, 1.165) is 50.8 Å². The lowest BCUT2D eigenvalue weighted by atomic mass is 9.66. The molecule has 5 unspecified atom stereocenters. The molecule has 2 saturated heterocycles. The van der Waals surface area contributed by atoms with Gasteiger partial charge in [-0.3, -0.25) is 19.6 Å². The van der Waals surface area contributed by atoms with Gasteiger partial charge in [0, 0.05) is 36.8 Å². The fourth-order valence-electron chi connectivity index (χ4n) is 6.89. The van der Waals surface area contributed by atoms with Crippen molar-refractivity contribution in [1.29, 1.82) is 0 Å². The lowest BCUT2D eigenvalue weighted by Crippen LogP contribution is -2.73. The van der Waals surface area contributed by atoms with E-state index in [9.17, 15) is 9.18 Å². The summed E-state index contributed by atoms with van der Waals surface area (Å²) in [6.45, 7) is 9.46. The molecule has 41 heavy (non-hydrogen) atoms. The summed E-state index contributed by atoms with van der Waals surface area (Å²) in [4.78, 5) is 22.8. The summed E-state index contributed by atoms with van der Waals surface area (Å²) in [5.41, 5.74) is 14.8. The molecule has 0 aromatic heterocycles. The van der Waals surface area contributed by atoms with E-state index in [0.29, 0.717) is 19.6 Å². The zero-order chi connectivity index (χ0) is 29.6. The third-order valence-corrected chi connectivity index (χ3v) is 9.54. The molecule has 2 fully saturated rings. The molecule has 5 N–H and O–H groups in total. The van der Waals surface area contributed by atoms with Gasteiger partial charge >= 0.3 is 0 Å². The summed E-state index contributed by atoms with van der Waals surface area (Å²) in [5.74, 6) is -1.00. The number of hydrogen-bond acceptors (Lipinski definition) is 7. The Morgan fingerprint density at radius 3 is 2.68 bits per heavy atom. The maximum absolute atomic E-state index is 14.5. The van der Waals surface area contributed by atoms with Crippen molar-refractivity contribution < 1.29 is 13.9 Å². The van der Waals surface area contributed by atoms with Crippen LogP contribution in [0.3, 0.4) is 0 Å². The third kappa shape index (κ3) is 7.25. The van der Waals surface area contributed by atoms with Crippen LogP contribution in [0.4, 0.5) is 4.39 Å². The summed E-state index contributed by atoms with van der Waals surface area (Å²) in [6.07, 6.45) is 8.55. The number of unbranched alkanes of at least 4 members (excludes halogenated alkanes) is 2. The Balaban J connectivity index is 1.48. The van der Waals surface area contributed by atoms with Crippen molar-refractivity contribution in [3.8, 4) is 0 Å². The van der Waals surface area contributed by atoms with Crippen LogP contribution in [-0.2, 0) is 9.53 Å². The van der Waals surface area contributed by atoms with Crippen molar-refractivity contribution in [3.63, 3.8) is 0 Å². The molecule has 1 amide bonds. The number of carbonyl (C=O) groups is 1. The van der Waals surface area contributed by atoms with Crippen molar-refractivity contribution in [2.45, 2.75) is 95.0 Å². The van der Waals surface area contributed by atoms with E-state index in [1.54, 1.807) is 6.08 Å². The molecule has 0 saturated carbocycles. The van der Waals surface area contributed by atoms with Gasteiger partial charge in [-0.2, -0.15) is 0 Å². The molecule has 228 valence electrons. The number of rotatable bonds is 13. The van der Waals surface area contributed by atoms with Crippen LogP contribution in [-0.4, -0.2) is 85.6 Å². The maximum Gasteiger partial charge on any atom is 0.228 e. The number of nitrogens with two attached hydrogens (primary N) is 2. The van der Waals surface area contributed by atoms with Gasteiger partial charge in [0.2, 0.25) is 5.91 Å². The van der Waals surface area contributed by atoms with Crippen molar-refractivity contribution >= 4 is 12.1 Å².